The minimum atomic E-state index is -0.277. The van der Waals surface area contributed by atoms with E-state index in [9.17, 15) is 14.4 Å². The summed E-state index contributed by atoms with van der Waals surface area (Å²) in [7, 11) is 0. The van der Waals surface area contributed by atoms with E-state index >= 15 is 0 Å². The summed E-state index contributed by atoms with van der Waals surface area (Å²) >= 11 is 0. The average Bonchev–Trinajstić information content (AvgIpc) is 3.48. The van der Waals surface area contributed by atoms with E-state index in [4.69, 9.17) is 0 Å². The van der Waals surface area contributed by atoms with Crippen molar-refractivity contribution < 1.29 is 14.4 Å². The molecule has 0 spiro atoms. The standard InChI is InChI=1S/C27H31N3O3/c31-25-10-5-16-29(25)21-13-11-19(12-14-21)18-28-26(32)22-7-2-3-8-23(22)27(33)30-17-15-20-6-1-4-9-24(20)30/h1,4,6,9,11-14,22-23H,2-3,5,7-8,10,15-18H2,(H,28,32)/t22-,23-/m1/s1. The maximum absolute atomic E-state index is 13.5. The van der Waals surface area contributed by atoms with Gasteiger partial charge in [-0.1, -0.05) is 43.2 Å². The zero-order valence-corrected chi connectivity index (χ0v) is 19.0. The molecule has 0 unspecified atom stereocenters. The van der Waals surface area contributed by atoms with Gasteiger partial charge < -0.3 is 15.1 Å². The van der Waals surface area contributed by atoms with Crippen LogP contribution >= 0.6 is 0 Å². The molecule has 2 aliphatic heterocycles. The Morgan fingerprint density at radius 2 is 1.64 bits per heavy atom. The topological polar surface area (TPSA) is 69.7 Å². The van der Waals surface area contributed by atoms with E-state index in [1.165, 1.54) is 5.56 Å². The summed E-state index contributed by atoms with van der Waals surface area (Å²) in [5, 5.41) is 3.07. The van der Waals surface area contributed by atoms with Gasteiger partial charge in [-0.2, -0.15) is 0 Å². The number of carbonyl (C=O) groups is 3. The largest absolute Gasteiger partial charge is 0.352 e. The van der Waals surface area contributed by atoms with Crippen molar-refractivity contribution in [3.8, 4) is 0 Å². The van der Waals surface area contributed by atoms with Gasteiger partial charge in [0.05, 0.1) is 5.92 Å². The highest BCUT2D eigenvalue weighted by molar-refractivity contribution is 5.99. The van der Waals surface area contributed by atoms with Crippen LogP contribution in [-0.2, 0) is 27.3 Å². The highest BCUT2D eigenvalue weighted by atomic mass is 16.2. The maximum atomic E-state index is 13.5. The lowest BCUT2D eigenvalue weighted by Crippen LogP contribution is -2.45. The van der Waals surface area contributed by atoms with Crippen molar-refractivity contribution in [2.75, 3.05) is 22.9 Å². The highest BCUT2D eigenvalue weighted by Gasteiger charge is 2.39. The molecule has 0 aromatic heterocycles. The first-order valence-corrected chi connectivity index (χ1v) is 12.2. The number of carbonyl (C=O) groups excluding carboxylic acids is 3. The second kappa shape index (κ2) is 9.38. The van der Waals surface area contributed by atoms with Crippen LogP contribution in [-0.4, -0.2) is 30.8 Å². The lowest BCUT2D eigenvalue weighted by Gasteiger charge is -2.32. The molecule has 5 rings (SSSR count). The molecule has 3 amide bonds. The van der Waals surface area contributed by atoms with E-state index < -0.39 is 0 Å². The number of rotatable bonds is 5. The van der Waals surface area contributed by atoms with E-state index in [1.807, 2.05) is 52.3 Å². The molecule has 6 nitrogen and oxygen atoms in total. The van der Waals surface area contributed by atoms with Gasteiger partial charge in [0.15, 0.2) is 0 Å². The minimum Gasteiger partial charge on any atom is -0.352 e. The van der Waals surface area contributed by atoms with Crippen molar-refractivity contribution in [2.45, 2.75) is 51.5 Å². The number of hydrogen-bond donors (Lipinski definition) is 1. The minimum absolute atomic E-state index is 0.0284. The molecule has 1 saturated carbocycles. The Hall–Kier alpha value is -3.15. The number of fused-ring (bicyclic) bond motifs is 1. The van der Waals surface area contributed by atoms with Crippen LogP contribution in [0, 0.1) is 11.8 Å². The molecule has 2 heterocycles. The molecule has 172 valence electrons. The van der Waals surface area contributed by atoms with Crippen molar-refractivity contribution in [2.24, 2.45) is 11.8 Å². The van der Waals surface area contributed by atoms with Crippen molar-refractivity contribution in [1.82, 2.24) is 5.32 Å². The Morgan fingerprint density at radius 3 is 2.39 bits per heavy atom. The summed E-state index contributed by atoms with van der Waals surface area (Å²) in [5.74, 6) is -0.294. The first-order valence-electron chi connectivity index (χ1n) is 12.2. The SMILES string of the molecule is O=C(NCc1ccc(N2CCCC2=O)cc1)[C@@H]1CCCC[C@H]1C(=O)N1CCc2ccccc21. The lowest BCUT2D eigenvalue weighted by molar-refractivity contribution is -0.135. The maximum Gasteiger partial charge on any atom is 0.230 e. The monoisotopic (exact) mass is 445 g/mol. The van der Waals surface area contributed by atoms with E-state index in [1.54, 1.807) is 0 Å². The van der Waals surface area contributed by atoms with Crippen molar-refractivity contribution in [1.29, 1.82) is 0 Å². The molecule has 2 fully saturated rings. The van der Waals surface area contributed by atoms with Gasteiger partial charge in [-0.15, -0.1) is 0 Å². The van der Waals surface area contributed by atoms with E-state index in [0.29, 0.717) is 19.5 Å². The second-order valence-electron chi connectivity index (χ2n) is 9.40. The zero-order chi connectivity index (χ0) is 22.8. The average molecular weight is 446 g/mol. The number of para-hydroxylation sites is 1. The molecule has 2 aromatic carbocycles. The summed E-state index contributed by atoms with van der Waals surface area (Å²) in [4.78, 5) is 42.2. The summed E-state index contributed by atoms with van der Waals surface area (Å²) in [6, 6.07) is 15.9. The molecule has 0 bridgehead atoms. The number of nitrogens with one attached hydrogen (secondary N) is 1. The van der Waals surface area contributed by atoms with Gasteiger partial charge >= 0.3 is 0 Å². The van der Waals surface area contributed by atoms with Gasteiger partial charge in [-0.3, -0.25) is 14.4 Å². The molecule has 2 aromatic rings. The quantitative estimate of drug-likeness (QED) is 0.761. The number of benzene rings is 2. The first-order chi connectivity index (χ1) is 16.1. The zero-order valence-electron chi connectivity index (χ0n) is 19.0. The van der Waals surface area contributed by atoms with Crippen LogP contribution in [0.3, 0.4) is 0 Å². The van der Waals surface area contributed by atoms with E-state index in [2.05, 4.69) is 11.4 Å². The Morgan fingerprint density at radius 1 is 0.879 bits per heavy atom. The van der Waals surface area contributed by atoms with Crippen LogP contribution < -0.4 is 15.1 Å². The Labute approximate surface area is 194 Å². The summed E-state index contributed by atoms with van der Waals surface area (Å²) in [6.07, 6.45) is 5.90. The van der Waals surface area contributed by atoms with Crippen LogP contribution in [0.25, 0.3) is 0 Å². The molecule has 3 aliphatic rings. The van der Waals surface area contributed by atoms with Gasteiger partial charge in [-0.05, 0) is 55.0 Å². The van der Waals surface area contributed by atoms with Gasteiger partial charge in [0.25, 0.3) is 0 Å². The molecule has 2 atom stereocenters. The third kappa shape index (κ3) is 4.39. The van der Waals surface area contributed by atoms with Crippen LogP contribution in [0.1, 0.15) is 49.7 Å². The molecular formula is C27H31N3O3. The fourth-order valence-electron chi connectivity index (χ4n) is 5.54. The molecule has 1 aliphatic carbocycles. The highest BCUT2D eigenvalue weighted by Crippen LogP contribution is 2.36. The summed E-state index contributed by atoms with van der Waals surface area (Å²) in [5.41, 5.74) is 4.12. The number of anilines is 2. The summed E-state index contributed by atoms with van der Waals surface area (Å²) < 4.78 is 0. The Bertz CT molecular complexity index is 1050. The lowest BCUT2D eigenvalue weighted by atomic mass is 9.77. The van der Waals surface area contributed by atoms with Gasteiger partial charge in [0.1, 0.15) is 0 Å². The van der Waals surface area contributed by atoms with Crippen molar-refractivity contribution in [3.63, 3.8) is 0 Å². The summed E-state index contributed by atoms with van der Waals surface area (Å²) in [6.45, 7) is 1.90. The van der Waals surface area contributed by atoms with Gasteiger partial charge in [0, 0.05) is 43.3 Å². The normalized spacial score (nSPS) is 22.4. The molecule has 0 radical (unpaired) electrons. The molecule has 1 saturated heterocycles. The molecule has 33 heavy (non-hydrogen) atoms. The Kier molecular flexibility index (Phi) is 6.16. The van der Waals surface area contributed by atoms with Crippen LogP contribution in [0.2, 0.25) is 0 Å². The van der Waals surface area contributed by atoms with Gasteiger partial charge in [0.2, 0.25) is 17.7 Å². The van der Waals surface area contributed by atoms with Crippen LogP contribution in [0.4, 0.5) is 11.4 Å². The number of amides is 3. The van der Waals surface area contributed by atoms with E-state index in [-0.39, 0.29) is 29.6 Å². The second-order valence-corrected chi connectivity index (χ2v) is 9.40. The predicted octanol–water partition coefficient (Wildman–Crippen LogP) is 3.83. The van der Waals surface area contributed by atoms with Crippen molar-refractivity contribution in [3.05, 3.63) is 59.7 Å². The third-order valence-electron chi connectivity index (χ3n) is 7.36. The Balaban J connectivity index is 1.22. The fraction of sp³-hybridized carbons (Fsp3) is 0.444. The number of nitrogens with zero attached hydrogens (tertiary/aromatic N) is 2. The smallest absolute Gasteiger partial charge is 0.230 e. The van der Waals surface area contributed by atoms with Crippen LogP contribution in [0.15, 0.2) is 48.5 Å². The molecule has 1 N–H and O–H groups in total. The van der Waals surface area contributed by atoms with Crippen molar-refractivity contribution >= 4 is 29.1 Å². The third-order valence-corrected chi connectivity index (χ3v) is 7.36. The predicted molar refractivity (Wildman–Crippen MR) is 128 cm³/mol. The molecule has 6 heteroatoms. The number of hydrogen-bond acceptors (Lipinski definition) is 3. The van der Waals surface area contributed by atoms with Gasteiger partial charge in [-0.25, -0.2) is 0 Å². The van der Waals surface area contributed by atoms with Crippen LogP contribution in [0.5, 0.6) is 0 Å². The fourth-order valence-corrected chi connectivity index (χ4v) is 5.54. The van der Waals surface area contributed by atoms with E-state index in [0.717, 1.165) is 62.0 Å². The first kappa shape index (κ1) is 21.7. The molecular weight excluding hydrogens is 414 g/mol.